The van der Waals surface area contributed by atoms with Crippen LogP contribution in [0.5, 0.6) is 0 Å². The van der Waals surface area contributed by atoms with Gasteiger partial charge >= 0.3 is 0 Å². The number of hydrogen-bond acceptors (Lipinski definition) is 2. The molecule has 0 atom stereocenters. The van der Waals surface area contributed by atoms with E-state index in [0.717, 1.165) is 11.4 Å². The van der Waals surface area contributed by atoms with Crippen molar-refractivity contribution >= 4 is 17.4 Å². The van der Waals surface area contributed by atoms with Crippen LogP contribution in [0, 0.1) is 13.8 Å². The van der Waals surface area contributed by atoms with E-state index in [9.17, 15) is 0 Å². The second-order valence-corrected chi connectivity index (χ2v) is 7.75. The predicted octanol–water partition coefficient (Wildman–Crippen LogP) is 5.48. The first-order chi connectivity index (χ1) is 9.77. The molecule has 0 aliphatic heterocycles. The van der Waals surface area contributed by atoms with E-state index < -0.39 is 0 Å². The Hall–Kier alpha value is -1.41. The van der Waals surface area contributed by atoms with Gasteiger partial charge in [-0.15, -0.1) is 11.8 Å². The number of nitrogen functional groups attached to an aromatic ring is 1. The highest BCUT2D eigenvalue weighted by atomic mass is 32.2. The van der Waals surface area contributed by atoms with E-state index in [0.29, 0.717) is 0 Å². The van der Waals surface area contributed by atoms with Crippen molar-refractivity contribution in [1.82, 2.24) is 0 Å². The van der Waals surface area contributed by atoms with Gasteiger partial charge in [0.1, 0.15) is 0 Å². The van der Waals surface area contributed by atoms with Crippen LogP contribution in [0.3, 0.4) is 0 Å². The van der Waals surface area contributed by atoms with E-state index in [2.05, 4.69) is 52.8 Å². The minimum atomic E-state index is 0.203. The molecule has 2 rings (SSSR count). The van der Waals surface area contributed by atoms with Crippen LogP contribution in [0.4, 0.5) is 5.69 Å². The van der Waals surface area contributed by atoms with Crippen LogP contribution < -0.4 is 5.73 Å². The normalized spacial score (nSPS) is 11.7. The summed E-state index contributed by atoms with van der Waals surface area (Å²) in [4.78, 5) is 1.23. The summed E-state index contributed by atoms with van der Waals surface area (Å²) in [6.45, 7) is 11.2. The SMILES string of the molecule is Cc1cc(C(C)(C)C)cc(C)c1CSc1cccc(N)c1. The molecular formula is C19H25NS. The lowest BCUT2D eigenvalue weighted by molar-refractivity contribution is 0.589. The predicted molar refractivity (Wildman–Crippen MR) is 95.0 cm³/mol. The molecule has 0 radical (unpaired) electrons. The molecule has 0 amide bonds. The number of thioether (sulfide) groups is 1. The Morgan fingerprint density at radius 1 is 1.00 bits per heavy atom. The van der Waals surface area contributed by atoms with E-state index in [1.807, 2.05) is 30.0 Å². The number of nitrogens with two attached hydrogens (primary N) is 1. The largest absolute Gasteiger partial charge is 0.399 e. The molecule has 0 spiro atoms. The van der Waals surface area contributed by atoms with E-state index in [1.165, 1.54) is 27.1 Å². The van der Waals surface area contributed by atoms with Crippen LogP contribution in [-0.2, 0) is 11.2 Å². The van der Waals surface area contributed by atoms with Crippen LogP contribution in [0.1, 0.15) is 43.0 Å². The van der Waals surface area contributed by atoms with Crippen molar-refractivity contribution in [1.29, 1.82) is 0 Å². The van der Waals surface area contributed by atoms with Gasteiger partial charge in [-0.05, 0) is 59.7 Å². The fourth-order valence-corrected chi connectivity index (χ4v) is 3.57. The minimum absolute atomic E-state index is 0.203. The maximum atomic E-state index is 5.84. The summed E-state index contributed by atoms with van der Waals surface area (Å²) < 4.78 is 0. The van der Waals surface area contributed by atoms with Crippen molar-refractivity contribution < 1.29 is 0 Å². The molecule has 0 bridgehead atoms. The third-order valence-corrected chi connectivity index (χ3v) is 4.82. The average Bonchev–Trinajstić information content (AvgIpc) is 2.36. The first-order valence-electron chi connectivity index (χ1n) is 7.36. The van der Waals surface area contributed by atoms with Crippen LogP contribution in [0.25, 0.3) is 0 Å². The van der Waals surface area contributed by atoms with Gasteiger partial charge in [-0.25, -0.2) is 0 Å². The second-order valence-electron chi connectivity index (χ2n) is 6.70. The lowest BCUT2D eigenvalue weighted by Crippen LogP contribution is -2.12. The van der Waals surface area contributed by atoms with Gasteiger partial charge in [-0.3, -0.25) is 0 Å². The van der Waals surface area contributed by atoms with Crippen molar-refractivity contribution in [3.05, 3.63) is 58.7 Å². The third-order valence-electron chi connectivity index (χ3n) is 3.80. The molecule has 0 aromatic heterocycles. The molecule has 0 unspecified atom stereocenters. The van der Waals surface area contributed by atoms with Gasteiger partial charge in [0.2, 0.25) is 0 Å². The fraction of sp³-hybridized carbons (Fsp3) is 0.368. The molecule has 1 nitrogen and oxygen atoms in total. The average molecular weight is 299 g/mol. The van der Waals surface area contributed by atoms with E-state index in [1.54, 1.807) is 0 Å². The third kappa shape index (κ3) is 4.04. The molecule has 2 N–H and O–H groups in total. The Labute approximate surface area is 133 Å². The van der Waals surface area contributed by atoms with Gasteiger partial charge in [0.05, 0.1) is 0 Å². The first-order valence-corrected chi connectivity index (χ1v) is 8.35. The summed E-state index contributed by atoms with van der Waals surface area (Å²) in [7, 11) is 0. The van der Waals surface area contributed by atoms with Crippen molar-refractivity contribution in [3.63, 3.8) is 0 Å². The van der Waals surface area contributed by atoms with Crippen molar-refractivity contribution in [2.75, 3.05) is 5.73 Å². The summed E-state index contributed by atoms with van der Waals surface area (Å²) in [5.74, 6) is 0.992. The summed E-state index contributed by atoms with van der Waals surface area (Å²) in [5.41, 5.74) is 12.5. The summed E-state index contributed by atoms with van der Waals surface area (Å²) in [5, 5.41) is 0. The molecule has 0 saturated heterocycles. The zero-order chi connectivity index (χ0) is 15.6. The van der Waals surface area contributed by atoms with Gasteiger partial charge in [-0.2, -0.15) is 0 Å². The summed E-state index contributed by atoms with van der Waals surface area (Å²) in [6.07, 6.45) is 0. The van der Waals surface area contributed by atoms with Gasteiger partial charge in [-0.1, -0.05) is 39.0 Å². The Morgan fingerprint density at radius 3 is 2.14 bits per heavy atom. The van der Waals surface area contributed by atoms with Crippen LogP contribution in [0.15, 0.2) is 41.3 Å². The van der Waals surface area contributed by atoms with Crippen molar-refractivity contribution in [3.8, 4) is 0 Å². The van der Waals surface area contributed by atoms with Gasteiger partial charge in [0.25, 0.3) is 0 Å². The summed E-state index contributed by atoms with van der Waals surface area (Å²) >= 11 is 1.85. The van der Waals surface area contributed by atoms with Crippen LogP contribution in [-0.4, -0.2) is 0 Å². The standard InChI is InChI=1S/C19H25NS/c1-13-9-15(19(3,4)5)10-14(2)18(13)12-21-17-8-6-7-16(20)11-17/h6-11H,12,20H2,1-5H3. The van der Waals surface area contributed by atoms with Gasteiger partial charge in [0.15, 0.2) is 0 Å². The highest BCUT2D eigenvalue weighted by Crippen LogP contribution is 2.31. The molecule has 0 aliphatic carbocycles. The molecule has 0 saturated carbocycles. The number of aryl methyl sites for hydroxylation is 2. The van der Waals surface area contributed by atoms with E-state index >= 15 is 0 Å². The van der Waals surface area contributed by atoms with Crippen LogP contribution in [0.2, 0.25) is 0 Å². The van der Waals surface area contributed by atoms with E-state index in [-0.39, 0.29) is 5.41 Å². The number of benzene rings is 2. The Morgan fingerprint density at radius 2 is 1.62 bits per heavy atom. The highest BCUT2D eigenvalue weighted by molar-refractivity contribution is 7.98. The number of anilines is 1. The maximum absolute atomic E-state index is 5.84. The monoisotopic (exact) mass is 299 g/mol. The molecule has 2 aromatic carbocycles. The minimum Gasteiger partial charge on any atom is -0.399 e. The Balaban J connectivity index is 2.21. The fourth-order valence-electron chi connectivity index (χ4n) is 2.41. The van der Waals surface area contributed by atoms with Crippen LogP contribution >= 0.6 is 11.8 Å². The Kier molecular flexibility index (Phi) is 4.67. The number of rotatable bonds is 3. The number of hydrogen-bond donors (Lipinski definition) is 1. The van der Waals surface area contributed by atoms with Crippen molar-refractivity contribution in [2.24, 2.45) is 0 Å². The molecule has 112 valence electrons. The molecule has 21 heavy (non-hydrogen) atoms. The maximum Gasteiger partial charge on any atom is 0.0325 e. The highest BCUT2D eigenvalue weighted by Gasteiger charge is 2.16. The zero-order valence-electron chi connectivity index (χ0n) is 13.7. The molecule has 0 aliphatic rings. The quantitative estimate of drug-likeness (QED) is 0.600. The van der Waals surface area contributed by atoms with Gasteiger partial charge in [0, 0.05) is 16.3 Å². The molecular weight excluding hydrogens is 274 g/mol. The molecule has 2 aromatic rings. The summed E-state index contributed by atoms with van der Waals surface area (Å²) in [6, 6.07) is 12.8. The van der Waals surface area contributed by atoms with Crippen molar-refractivity contribution in [2.45, 2.75) is 50.7 Å². The lowest BCUT2D eigenvalue weighted by atomic mass is 9.84. The smallest absolute Gasteiger partial charge is 0.0325 e. The van der Waals surface area contributed by atoms with Gasteiger partial charge < -0.3 is 5.73 Å². The zero-order valence-corrected chi connectivity index (χ0v) is 14.5. The Bertz CT molecular complexity index is 615. The first kappa shape index (κ1) is 16.0. The topological polar surface area (TPSA) is 26.0 Å². The molecule has 0 heterocycles. The lowest BCUT2D eigenvalue weighted by Gasteiger charge is -2.22. The van der Waals surface area contributed by atoms with E-state index in [4.69, 9.17) is 5.73 Å². The second kappa shape index (κ2) is 6.15. The molecule has 0 fully saturated rings. The molecule has 2 heteroatoms.